The van der Waals surface area contributed by atoms with Gasteiger partial charge in [-0.15, -0.1) is 0 Å². The highest BCUT2D eigenvalue weighted by Gasteiger charge is 2.26. The Hall–Kier alpha value is -1.57. The normalized spacial score (nSPS) is 16.8. The molecule has 21 heavy (non-hydrogen) atoms. The third-order valence-corrected chi connectivity index (χ3v) is 4.13. The van der Waals surface area contributed by atoms with Crippen molar-refractivity contribution < 1.29 is 0 Å². The molecule has 1 aromatic carbocycles. The molecule has 1 N–H and O–H groups in total. The molecule has 0 atom stereocenters. The maximum Gasteiger partial charge on any atom is 0.101 e. The summed E-state index contributed by atoms with van der Waals surface area (Å²) in [4.78, 5) is 4.84. The van der Waals surface area contributed by atoms with Gasteiger partial charge in [0, 0.05) is 38.3 Å². The van der Waals surface area contributed by atoms with E-state index in [9.17, 15) is 5.26 Å². The first kappa shape index (κ1) is 15.8. The second-order valence-corrected chi connectivity index (χ2v) is 6.64. The van der Waals surface area contributed by atoms with Crippen molar-refractivity contribution in [1.82, 2.24) is 10.2 Å². The second-order valence-electron chi connectivity index (χ2n) is 6.64. The Kier molecular flexibility index (Phi) is 4.87. The number of nitrogens with one attached hydrogen (secondary N) is 1. The molecule has 0 aromatic heterocycles. The van der Waals surface area contributed by atoms with Gasteiger partial charge in [-0.25, -0.2) is 0 Å². The summed E-state index contributed by atoms with van der Waals surface area (Å²) in [5.74, 6) is 0. The summed E-state index contributed by atoms with van der Waals surface area (Å²) >= 11 is 0. The van der Waals surface area contributed by atoms with Crippen LogP contribution in [0.5, 0.6) is 0 Å². The van der Waals surface area contributed by atoms with Gasteiger partial charge in [0.2, 0.25) is 0 Å². The van der Waals surface area contributed by atoms with Gasteiger partial charge in [0.15, 0.2) is 0 Å². The Balaban J connectivity index is 2.12. The summed E-state index contributed by atoms with van der Waals surface area (Å²) in [5.41, 5.74) is 3.24. The lowest BCUT2D eigenvalue weighted by atomic mass is 10.0. The van der Waals surface area contributed by atoms with E-state index in [0.29, 0.717) is 0 Å². The molecule has 1 heterocycles. The molecule has 114 valence electrons. The molecule has 0 amide bonds. The predicted molar refractivity (Wildman–Crippen MR) is 87.5 cm³/mol. The van der Waals surface area contributed by atoms with E-state index in [4.69, 9.17) is 0 Å². The molecule has 4 heteroatoms. The molecule has 1 aliphatic heterocycles. The van der Waals surface area contributed by atoms with Crippen LogP contribution in [-0.4, -0.2) is 43.7 Å². The molecule has 2 rings (SSSR count). The molecule has 0 bridgehead atoms. The van der Waals surface area contributed by atoms with E-state index in [1.807, 2.05) is 13.1 Å². The molecular weight excluding hydrogens is 260 g/mol. The Morgan fingerprint density at radius 2 is 1.86 bits per heavy atom. The number of anilines is 1. The summed E-state index contributed by atoms with van der Waals surface area (Å²) in [6.07, 6.45) is 0. The first-order valence-electron chi connectivity index (χ1n) is 7.63. The van der Waals surface area contributed by atoms with Crippen molar-refractivity contribution in [2.45, 2.75) is 32.9 Å². The standard InChI is InChI=1S/C17H26N4/c1-17(2,3)21-9-7-20(8-10-21)16-6-5-14(13-19-4)11-15(16)12-18/h5-6,11,19H,7-10,13H2,1-4H3. The SMILES string of the molecule is CNCc1ccc(N2CCN(C(C)(C)C)CC2)c(C#N)c1. The van der Waals surface area contributed by atoms with Crippen molar-refractivity contribution in [3.63, 3.8) is 0 Å². The molecule has 0 saturated carbocycles. The van der Waals surface area contributed by atoms with Gasteiger partial charge in [0.05, 0.1) is 11.3 Å². The van der Waals surface area contributed by atoms with Crippen molar-refractivity contribution in [3.05, 3.63) is 29.3 Å². The molecule has 0 radical (unpaired) electrons. The number of rotatable bonds is 3. The van der Waals surface area contributed by atoms with Gasteiger partial charge in [0.1, 0.15) is 6.07 Å². The molecule has 1 aliphatic rings. The fraction of sp³-hybridized carbons (Fsp3) is 0.588. The summed E-state index contributed by atoms with van der Waals surface area (Å²) in [6, 6.07) is 8.56. The lowest BCUT2D eigenvalue weighted by Gasteiger charge is -2.43. The maximum absolute atomic E-state index is 9.42. The van der Waals surface area contributed by atoms with E-state index in [2.05, 4.69) is 54.1 Å². The first-order valence-corrected chi connectivity index (χ1v) is 7.63. The van der Waals surface area contributed by atoms with Gasteiger partial charge in [-0.3, -0.25) is 4.90 Å². The maximum atomic E-state index is 9.42. The number of benzene rings is 1. The average molecular weight is 286 g/mol. The smallest absolute Gasteiger partial charge is 0.101 e. The quantitative estimate of drug-likeness (QED) is 0.925. The molecule has 0 unspecified atom stereocenters. The highest BCUT2D eigenvalue weighted by atomic mass is 15.3. The number of nitrogens with zero attached hydrogens (tertiary/aromatic N) is 3. The number of piperazine rings is 1. The van der Waals surface area contributed by atoms with Crippen molar-refractivity contribution in [1.29, 1.82) is 5.26 Å². The van der Waals surface area contributed by atoms with Crippen LogP contribution in [-0.2, 0) is 6.54 Å². The number of nitriles is 1. The van der Waals surface area contributed by atoms with Crippen molar-refractivity contribution in [2.24, 2.45) is 0 Å². The van der Waals surface area contributed by atoms with Crippen LogP contribution >= 0.6 is 0 Å². The minimum atomic E-state index is 0.223. The number of hydrogen-bond donors (Lipinski definition) is 1. The zero-order valence-corrected chi connectivity index (χ0v) is 13.6. The van der Waals surface area contributed by atoms with Gasteiger partial charge < -0.3 is 10.2 Å². The van der Waals surface area contributed by atoms with Crippen molar-refractivity contribution in [2.75, 3.05) is 38.1 Å². The van der Waals surface area contributed by atoms with Gasteiger partial charge in [-0.1, -0.05) is 6.07 Å². The predicted octanol–water partition coefficient (Wildman–Crippen LogP) is 2.20. The van der Waals surface area contributed by atoms with Gasteiger partial charge in [-0.05, 0) is 45.5 Å². The minimum Gasteiger partial charge on any atom is -0.368 e. The zero-order chi connectivity index (χ0) is 15.5. The molecule has 1 aromatic rings. The van der Waals surface area contributed by atoms with Gasteiger partial charge in [-0.2, -0.15) is 5.26 Å². The minimum absolute atomic E-state index is 0.223. The van der Waals surface area contributed by atoms with E-state index < -0.39 is 0 Å². The Bertz CT molecular complexity index is 517. The van der Waals surface area contributed by atoms with Crippen LogP contribution in [0.4, 0.5) is 5.69 Å². The fourth-order valence-corrected chi connectivity index (χ4v) is 2.88. The van der Waals surface area contributed by atoms with Gasteiger partial charge >= 0.3 is 0 Å². The lowest BCUT2D eigenvalue weighted by molar-refractivity contribution is 0.128. The van der Waals surface area contributed by atoms with Crippen LogP contribution < -0.4 is 10.2 Å². The number of hydrogen-bond acceptors (Lipinski definition) is 4. The van der Waals surface area contributed by atoms with Crippen LogP contribution in [0.1, 0.15) is 31.9 Å². The highest BCUT2D eigenvalue weighted by Crippen LogP contribution is 2.24. The molecule has 1 saturated heterocycles. The monoisotopic (exact) mass is 286 g/mol. The van der Waals surface area contributed by atoms with E-state index >= 15 is 0 Å². The second kappa shape index (κ2) is 6.46. The largest absolute Gasteiger partial charge is 0.368 e. The van der Waals surface area contributed by atoms with Gasteiger partial charge in [0.25, 0.3) is 0 Å². The Morgan fingerprint density at radius 3 is 2.38 bits per heavy atom. The van der Waals surface area contributed by atoms with Crippen LogP contribution in [0, 0.1) is 11.3 Å². The van der Waals surface area contributed by atoms with Crippen LogP contribution in [0.3, 0.4) is 0 Å². The molecule has 0 spiro atoms. The average Bonchev–Trinajstić information content (AvgIpc) is 2.47. The molecule has 4 nitrogen and oxygen atoms in total. The van der Waals surface area contributed by atoms with E-state index in [0.717, 1.165) is 49.5 Å². The summed E-state index contributed by atoms with van der Waals surface area (Å²) in [6.45, 7) is 11.6. The van der Waals surface area contributed by atoms with Crippen molar-refractivity contribution in [3.8, 4) is 6.07 Å². The van der Waals surface area contributed by atoms with Crippen LogP contribution in [0.15, 0.2) is 18.2 Å². The summed E-state index contributed by atoms with van der Waals surface area (Å²) in [7, 11) is 1.92. The first-order chi connectivity index (χ1) is 9.95. The van der Waals surface area contributed by atoms with Crippen molar-refractivity contribution >= 4 is 5.69 Å². The van der Waals surface area contributed by atoms with E-state index in [-0.39, 0.29) is 5.54 Å². The topological polar surface area (TPSA) is 42.3 Å². The summed E-state index contributed by atoms with van der Waals surface area (Å²) < 4.78 is 0. The fourth-order valence-electron chi connectivity index (χ4n) is 2.88. The Labute approximate surface area is 128 Å². The molecule has 0 aliphatic carbocycles. The lowest BCUT2D eigenvalue weighted by Crippen LogP contribution is -2.53. The molecular formula is C17H26N4. The zero-order valence-electron chi connectivity index (χ0n) is 13.6. The third-order valence-electron chi connectivity index (χ3n) is 4.13. The Morgan fingerprint density at radius 1 is 1.19 bits per heavy atom. The highest BCUT2D eigenvalue weighted by molar-refractivity contribution is 5.60. The van der Waals surface area contributed by atoms with Crippen LogP contribution in [0.2, 0.25) is 0 Å². The van der Waals surface area contributed by atoms with Crippen LogP contribution in [0.25, 0.3) is 0 Å². The van der Waals surface area contributed by atoms with E-state index in [1.165, 1.54) is 0 Å². The third kappa shape index (κ3) is 3.75. The molecule has 1 fully saturated rings. The summed E-state index contributed by atoms with van der Waals surface area (Å²) in [5, 5.41) is 12.5. The van der Waals surface area contributed by atoms with E-state index in [1.54, 1.807) is 0 Å².